The van der Waals surface area contributed by atoms with Crippen molar-refractivity contribution in [3.05, 3.63) is 122 Å². The van der Waals surface area contributed by atoms with Crippen molar-refractivity contribution in [2.75, 3.05) is 13.8 Å². The molecule has 314 valence electrons. The quantitative estimate of drug-likeness (QED) is 0.116. The summed E-state index contributed by atoms with van der Waals surface area (Å²) < 4.78 is 33.6. The molecule has 4 aliphatic rings. The Morgan fingerprint density at radius 1 is 1.02 bits per heavy atom. The summed E-state index contributed by atoms with van der Waals surface area (Å²) >= 11 is 0. The van der Waals surface area contributed by atoms with Gasteiger partial charge in [-0.1, -0.05) is 55.5 Å². The summed E-state index contributed by atoms with van der Waals surface area (Å²) in [5.74, 6) is -2.34. The standard InChI is InChI=1S/C46H44FN5O9/c1-5-46(58)34-17-37-38-32(20-52(37)43(55)33(34)21-59-44(46)56)31(30-16-23(2)35(47)18-36(30)50-38)19-48-42(54)39(25-14-15-25)60-22-49-41(53)24(3)51(4)45(57)61-40-28-12-8-6-10-26(28)27-11-7-9-13-29(27)40/h6-13,16-18,24-25,39-40,58H,5,14-15,19-22H2,1-4H3,(H,48,54)(H,49,53)/t24-,39+,46-/m0/s1. The number of fused-ring (bicyclic) bond motifs is 8. The number of aryl methyl sites for hydroxylation is 1. The van der Waals surface area contributed by atoms with E-state index in [0.29, 0.717) is 39.0 Å². The van der Waals surface area contributed by atoms with Gasteiger partial charge in [0.2, 0.25) is 11.8 Å². The maximum atomic E-state index is 15.0. The highest BCUT2D eigenvalue weighted by Crippen LogP contribution is 2.45. The Labute approximate surface area is 349 Å². The average molecular weight is 830 g/mol. The zero-order valence-corrected chi connectivity index (χ0v) is 34.0. The van der Waals surface area contributed by atoms with Crippen molar-refractivity contribution in [1.29, 1.82) is 0 Å². The summed E-state index contributed by atoms with van der Waals surface area (Å²) in [4.78, 5) is 73.1. The van der Waals surface area contributed by atoms with Crippen LogP contribution in [0.4, 0.5) is 9.18 Å². The average Bonchev–Trinajstić information content (AvgIpc) is 3.97. The molecule has 61 heavy (non-hydrogen) atoms. The van der Waals surface area contributed by atoms with E-state index >= 15 is 0 Å². The van der Waals surface area contributed by atoms with Crippen LogP contribution in [0.1, 0.15) is 78.2 Å². The summed E-state index contributed by atoms with van der Waals surface area (Å²) in [6, 6.07) is 19.1. The summed E-state index contributed by atoms with van der Waals surface area (Å²) in [7, 11) is 1.49. The first kappa shape index (κ1) is 40.0. The number of halogens is 1. The number of carbonyl (C=O) groups is 4. The molecule has 1 saturated carbocycles. The van der Waals surface area contributed by atoms with Gasteiger partial charge in [0.05, 0.1) is 29.0 Å². The lowest BCUT2D eigenvalue weighted by Crippen LogP contribution is -2.48. The second kappa shape index (κ2) is 15.2. The number of nitrogens with zero attached hydrogens (tertiary/aromatic N) is 3. The number of rotatable bonds is 11. The Hall–Kier alpha value is -6.45. The number of benzene rings is 3. The van der Waals surface area contributed by atoms with Gasteiger partial charge in [0.1, 0.15) is 31.3 Å². The van der Waals surface area contributed by atoms with Gasteiger partial charge in [-0.25, -0.2) is 19.0 Å². The van der Waals surface area contributed by atoms with Crippen LogP contribution in [-0.4, -0.2) is 69.4 Å². The fourth-order valence-corrected chi connectivity index (χ4v) is 8.70. The second-order valence-corrected chi connectivity index (χ2v) is 16.2. The first-order valence-electron chi connectivity index (χ1n) is 20.4. The number of aromatic nitrogens is 2. The first-order valence-corrected chi connectivity index (χ1v) is 20.4. The third kappa shape index (κ3) is 6.72. The van der Waals surface area contributed by atoms with Crippen LogP contribution in [-0.2, 0) is 53.9 Å². The summed E-state index contributed by atoms with van der Waals surface area (Å²) in [6.07, 6.45) is -0.736. The van der Waals surface area contributed by atoms with Crippen LogP contribution in [0.25, 0.3) is 33.4 Å². The molecule has 3 N–H and O–H groups in total. The number of likely N-dealkylation sites (N-methyl/N-ethyl adjacent to an activating group) is 1. The smallest absolute Gasteiger partial charge is 0.411 e. The number of aliphatic hydroxyl groups is 1. The second-order valence-electron chi connectivity index (χ2n) is 16.2. The van der Waals surface area contributed by atoms with Gasteiger partial charge in [-0.05, 0) is 73.4 Å². The number of amides is 3. The van der Waals surface area contributed by atoms with Crippen LogP contribution in [0.2, 0.25) is 0 Å². The van der Waals surface area contributed by atoms with Gasteiger partial charge in [0.25, 0.3) is 5.56 Å². The number of hydrogen-bond acceptors (Lipinski definition) is 10. The molecule has 0 saturated heterocycles. The lowest BCUT2D eigenvalue weighted by molar-refractivity contribution is -0.172. The molecule has 1 fully saturated rings. The van der Waals surface area contributed by atoms with E-state index in [2.05, 4.69) is 10.6 Å². The fraction of sp³-hybridized carbons (Fsp3) is 0.348. The Bertz CT molecular complexity index is 2700. The monoisotopic (exact) mass is 829 g/mol. The van der Waals surface area contributed by atoms with Gasteiger partial charge in [0.15, 0.2) is 11.7 Å². The molecule has 3 atom stereocenters. The highest BCUT2D eigenvalue weighted by Gasteiger charge is 2.46. The van der Waals surface area contributed by atoms with E-state index in [-0.39, 0.29) is 49.9 Å². The van der Waals surface area contributed by atoms with Gasteiger partial charge in [-0.3, -0.25) is 19.3 Å². The minimum Gasteiger partial charge on any atom is -0.458 e. The number of hydrogen-bond donors (Lipinski definition) is 3. The summed E-state index contributed by atoms with van der Waals surface area (Å²) in [5.41, 5.74) is 4.20. The van der Waals surface area contributed by atoms with Gasteiger partial charge in [-0.15, -0.1) is 0 Å². The molecule has 2 aliphatic heterocycles. The number of ether oxygens (including phenoxy) is 3. The fourth-order valence-electron chi connectivity index (χ4n) is 8.70. The number of pyridine rings is 2. The van der Waals surface area contributed by atoms with Crippen LogP contribution < -0.4 is 16.2 Å². The van der Waals surface area contributed by atoms with Crippen LogP contribution >= 0.6 is 0 Å². The van der Waals surface area contributed by atoms with E-state index < -0.39 is 59.1 Å². The Morgan fingerprint density at radius 3 is 2.38 bits per heavy atom. The normalized spacial score (nSPS) is 18.2. The Kier molecular flexibility index (Phi) is 9.98. The van der Waals surface area contributed by atoms with E-state index in [9.17, 15) is 33.5 Å². The van der Waals surface area contributed by atoms with Crippen molar-refractivity contribution in [2.45, 2.75) is 83.6 Å². The third-order valence-corrected chi connectivity index (χ3v) is 12.6. The van der Waals surface area contributed by atoms with Gasteiger partial charge < -0.3 is 34.5 Å². The van der Waals surface area contributed by atoms with Crippen molar-refractivity contribution in [3.8, 4) is 22.5 Å². The maximum Gasteiger partial charge on any atom is 0.411 e. The van der Waals surface area contributed by atoms with Gasteiger partial charge in [-0.2, -0.15) is 0 Å². The van der Waals surface area contributed by atoms with Crippen LogP contribution in [0.5, 0.6) is 0 Å². The van der Waals surface area contributed by atoms with Crippen LogP contribution in [0.15, 0.2) is 71.5 Å². The number of esters is 1. The molecule has 2 aliphatic carbocycles. The number of carbonyl (C=O) groups excluding carboxylic acids is 4. The predicted octanol–water partition coefficient (Wildman–Crippen LogP) is 5.24. The lowest BCUT2D eigenvalue weighted by atomic mass is 9.86. The molecule has 0 unspecified atom stereocenters. The number of cyclic esters (lactones) is 1. The zero-order valence-electron chi connectivity index (χ0n) is 34.0. The SMILES string of the molecule is CC[C@@]1(O)C(=O)OCc2c1cc1n(c2=O)Cc2c-1nc1cc(F)c(C)cc1c2CNC(=O)[C@H](OCNC(=O)[C@H](C)N(C)C(=O)OC1c2ccccc2-c2ccccc21)C1CC1. The Morgan fingerprint density at radius 2 is 1.70 bits per heavy atom. The highest BCUT2D eigenvalue weighted by molar-refractivity contribution is 5.91. The molecular weight excluding hydrogens is 786 g/mol. The molecule has 2 aromatic heterocycles. The zero-order chi connectivity index (χ0) is 42.9. The van der Waals surface area contributed by atoms with Crippen LogP contribution in [0, 0.1) is 18.7 Å². The molecule has 9 rings (SSSR count). The van der Waals surface area contributed by atoms with Gasteiger partial charge in [0, 0.05) is 47.3 Å². The third-order valence-electron chi connectivity index (χ3n) is 12.6. The lowest BCUT2D eigenvalue weighted by Gasteiger charge is -2.31. The summed E-state index contributed by atoms with van der Waals surface area (Å²) in [6.45, 7) is 4.29. The molecule has 3 aromatic carbocycles. The van der Waals surface area contributed by atoms with Gasteiger partial charge >= 0.3 is 12.1 Å². The molecule has 4 heterocycles. The maximum absolute atomic E-state index is 15.0. The molecule has 5 aromatic rings. The molecule has 0 radical (unpaired) electrons. The Balaban J connectivity index is 0.889. The van der Waals surface area contributed by atoms with Crippen LogP contribution in [0.3, 0.4) is 0 Å². The van der Waals surface area contributed by atoms with Crippen molar-refractivity contribution >= 4 is 34.8 Å². The summed E-state index contributed by atoms with van der Waals surface area (Å²) in [5, 5.41) is 17.6. The molecule has 15 heteroatoms. The van der Waals surface area contributed by atoms with E-state index in [0.717, 1.165) is 35.1 Å². The van der Waals surface area contributed by atoms with Crippen molar-refractivity contribution in [2.24, 2.45) is 5.92 Å². The molecule has 14 nitrogen and oxygen atoms in total. The first-order chi connectivity index (χ1) is 29.3. The van der Waals surface area contributed by atoms with E-state index in [4.69, 9.17) is 19.2 Å². The van der Waals surface area contributed by atoms with E-state index in [1.165, 1.54) is 22.6 Å². The molecular formula is C46H44FN5O9. The van der Waals surface area contributed by atoms with Crippen molar-refractivity contribution < 1.29 is 42.9 Å². The topological polar surface area (TPSA) is 178 Å². The van der Waals surface area contributed by atoms with E-state index in [1.54, 1.807) is 32.9 Å². The minimum atomic E-state index is -2.02. The van der Waals surface area contributed by atoms with Crippen molar-refractivity contribution in [3.63, 3.8) is 0 Å². The highest BCUT2D eigenvalue weighted by atomic mass is 19.1. The van der Waals surface area contributed by atoms with E-state index in [1.807, 2.05) is 48.5 Å². The van der Waals surface area contributed by atoms with Crippen molar-refractivity contribution in [1.82, 2.24) is 25.1 Å². The largest absolute Gasteiger partial charge is 0.458 e. The molecule has 0 bridgehead atoms. The number of nitrogens with one attached hydrogen (secondary N) is 2. The molecule has 3 amide bonds. The minimum absolute atomic E-state index is 0.0208. The molecule has 0 spiro atoms. The predicted molar refractivity (Wildman–Crippen MR) is 219 cm³/mol.